The number of amides is 1. The second-order valence-corrected chi connectivity index (χ2v) is 5.19. The molecule has 0 aromatic carbocycles. The van der Waals surface area contributed by atoms with Crippen molar-refractivity contribution >= 4 is 5.91 Å². The molecular weight excluding hydrogens is 226 g/mol. The van der Waals surface area contributed by atoms with E-state index in [2.05, 4.69) is 17.9 Å². The second-order valence-electron chi connectivity index (χ2n) is 5.19. The Labute approximate surface area is 111 Å². The van der Waals surface area contributed by atoms with Gasteiger partial charge in [0.25, 0.3) is 0 Å². The number of likely N-dealkylation sites (tertiary alicyclic amines) is 1. The van der Waals surface area contributed by atoms with Gasteiger partial charge in [-0.15, -0.1) is 0 Å². The van der Waals surface area contributed by atoms with Crippen LogP contribution in [0.5, 0.6) is 0 Å². The van der Waals surface area contributed by atoms with Crippen LogP contribution >= 0.6 is 0 Å². The van der Waals surface area contributed by atoms with Gasteiger partial charge in [-0.25, -0.2) is 0 Å². The third-order valence-electron chi connectivity index (χ3n) is 3.81. The molecule has 0 saturated carbocycles. The van der Waals surface area contributed by atoms with Gasteiger partial charge in [0, 0.05) is 33.1 Å². The highest BCUT2D eigenvalue weighted by atomic mass is 16.2. The van der Waals surface area contributed by atoms with Gasteiger partial charge >= 0.3 is 0 Å². The molecule has 4 heteroatoms. The van der Waals surface area contributed by atoms with Crippen molar-refractivity contribution in [1.29, 1.82) is 5.26 Å². The van der Waals surface area contributed by atoms with Crippen LogP contribution in [0.25, 0.3) is 0 Å². The highest BCUT2D eigenvalue weighted by Gasteiger charge is 2.19. The van der Waals surface area contributed by atoms with E-state index in [-0.39, 0.29) is 5.91 Å². The minimum absolute atomic E-state index is 0.156. The summed E-state index contributed by atoms with van der Waals surface area (Å²) in [7, 11) is 1.78. The molecule has 0 bridgehead atoms. The Kier molecular flexibility index (Phi) is 6.74. The molecule has 0 aromatic heterocycles. The van der Waals surface area contributed by atoms with Gasteiger partial charge in [0.15, 0.2) is 0 Å². The molecule has 0 N–H and O–H groups in total. The molecule has 0 radical (unpaired) electrons. The van der Waals surface area contributed by atoms with Crippen LogP contribution in [-0.2, 0) is 4.79 Å². The number of carbonyl (C=O) groups is 1. The third-order valence-corrected chi connectivity index (χ3v) is 3.81. The van der Waals surface area contributed by atoms with E-state index in [1.165, 1.54) is 19.3 Å². The SMILES string of the molecule is CCC1CCCN(CCC(=O)N(C)CCC#N)C1. The van der Waals surface area contributed by atoms with Gasteiger partial charge in [0.05, 0.1) is 12.5 Å². The normalized spacial score (nSPS) is 20.4. The Balaban J connectivity index is 2.23. The maximum atomic E-state index is 11.8. The van der Waals surface area contributed by atoms with E-state index in [4.69, 9.17) is 5.26 Å². The number of hydrogen-bond donors (Lipinski definition) is 0. The van der Waals surface area contributed by atoms with Crippen LogP contribution in [0.4, 0.5) is 0 Å². The zero-order valence-corrected chi connectivity index (χ0v) is 11.7. The average molecular weight is 251 g/mol. The highest BCUT2D eigenvalue weighted by molar-refractivity contribution is 5.76. The van der Waals surface area contributed by atoms with Gasteiger partial charge in [-0.3, -0.25) is 4.79 Å². The number of hydrogen-bond acceptors (Lipinski definition) is 3. The maximum absolute atomic E-state index is 11.8. The average Bonchev–Trinajstić information content (AvgIpc) is 2.42. The van der Waals surface area contributed by atoms with Crippen LogP contribution in [0.3, 0.4) is 0 Å². The monoisotopic (exact) mass is 251 g/mol. The number of carbonyl (C=O) groups excluding carboxylic acids is 1. The molecule has 18 heavy (non-hydrogen) atoms. The summed E-state index contributed by atoms with van der Waals surface area (Å²) in [5.74, 6) is 0.967. The third kappa shape index (κ3) is 5.05. The minimum atomic E-state index is 0.156. The molecule has 102 valence electrons. The summed E-state index contributed by atoms with van der Waals surface area (Å²) >= 11 is 0. The van der Waals surface area contributed by atoms with Crippen molar-refractivity contribution in [3.05, 3.63) is 0 Å². The van der Waals surface area contributed by atoms with Crippen molar-refractivity contribution in [2.75, 3.05) is 33.2 Å². The summed E-state index contributed by atoms with van der Waals surface area (Å²) in [6.45, 7) is 5.94. The molecule has 1 aliphatic heterocycles. The molecule has 1 saturated heterocycles. The Morgan fingerprint density at radius 2 is 2.33 bits per heavy atom. The number of nitriles is 1. The number of nitrogens with zero attached hydrogens (tertiary/aromatic N) is 3. The van der Waals surface area contributed by atoms with E-state index < -0.39 is 0 Å². The number of piperidine rings is 1. The molecule has 1 atom stereocenters. The smallest absolute Gasteiger partial charge is 0.223 e. The van der Waals surface area contributed by atoms with E-state index >= 15 is 0 Å². The Morgan fingerprint density at radius 3 is 3.00 bits per heavy atom. The lowest BCUT2D eigenvalue weighted by Crippen LogP contribution is -2.38. The summed E-state index contributed by atoms with van der Waals surface area (Å²) in [6.07, 6.45) is 4.84. The molecule has 4 nitrogen and oxygen atoms in total. The zero-order valence-electron chi connectivity index (χ0n) is 11.7. The van der Waals surface area contributed by atoms with Crippen LogP contribution in [0, 0.1) is 17.2 Å². The minimum Gasteiger partial charge on any atom is -0.345 e. The Morgan fingerprint density at radius 1 is 1.56 bits per heavy atom. The first-order valence-corrected chi connectivity index (χ1v) is 7.00. The lowest BCUT2D eigenvalue weighted by molar-refractivity contribution is -0.130. The van der Waals surface area contributed by atoms with Crippen molar-refractivity contribution in [1.82, 2.24) is 9.80 Å². The summed E-state index contributed by atoms with van der Waals surface area (Å²) in [5, 5.41) is 8.49. The van der Waals surface area contributed by atoms with Crippen LogP contribution in [-0.4, -0.2) is 48.9 Å². The summed E-state index contributed by atoms with van der Waals surface area (Å²) in [6, 6.07) is 2.07. The van der Waals surface area contributed by atoms with Gasteiger partial charge in [-0.05, 0) is 25.3 Å². The van der Waals surface area contributed by atoms with Crippen LogP contribution in [0.1, 0.15) is 39.0 Å². The standard InChI is InChI=1S/C14H25N3O/c1-3-13-6-4-10-17(12-13)11-7-14(18)16(2)9-5-8-15/h13H,3-7,9-12H2,1-2H3. The molecule has 1 rings (SSSR count). The van der Waals surface area contributed by atoms with Crippen molar-refractivity contribution in [3.63, 3.8) is 0 Å². The maximum Gasteiger partial charge on any atom is 0.223 e. The van der Waals surface area contributed by atoms with Crippen molar-refractivity contribution in [2.45, 2.75) is 39.0 Å². The van der Waals surface area contributed by atoms with E-state index in [0.29, 0.717) is 19.4 Å². The van der Waals surface area contributed by atoms with Gasteiger partial charge < -0.3 is 9.80 Å². The molecule has 0 aliphatic carbocycles. The first-order valence-electron chi connectivity index (χ1n) is 7.00. The molecule has 1 aliphatic rings. The van der Waals surface area contributed by atoms with E-state index in [9.17, 15) is 4.79 Å². The summed E-state index contributed by atoms with van der Waals surface area (Å²) < 4.78 is 0. The fraction of sp³-hybridized carbons (Fsp3) is 0.857. The molecule has 0 spiro atoms. The lowest BCUT2D eigenvalue weighted by atomic mass is 9.95. The van der Waals surface area contributed by atoms with E-state index in [1.807, 2.05) is 0 Å². The fourth-order valence-corrected chi connectivity index (χ4v) is 2.47. The summed E-state index contributed by atoms with van der Waals surface area (Å²) in [4.78, 5) is 15.9. The second kappa shape index (κ2) is 8.10. The van der Waals surface area contributed by atoms with Gasteiger partial charge in [0.1, 0.15) is 0 Å². The Bertz CT molecular complexity index is 298. The number of rotatable bonds is 6. The van der Waals surface area contributed by atoms with Gasteiger partial charge in [0.2, 0.25) is 5.91 Å². The Hall–Kier alpha value is -1.08. The first-order chi connectivity index (χ1) is 8.67. The predicted octanol–water partition coefficient (Wildman–Crippen LogP) is 1.87. The van der Waals surface area contributed by atoms with Crippen molar-refractivity contribution < 1.29 is 4.79 Å². The van der Waals surface area contributed by atoms with Crippen LogP contribution < -0.4 is 0 Å². The fourth-order valence-electron chi connectivity index (χ4n) is 2.47. The van der Waals surface area contributed by atoms with Crippen LogP contribution in [0.15, 0.2) is 0 Å². The van der Waals surface area contributed by atoms with Gasteiger partial charge in [-0.1, -0.05) is 13.3 Å². The molecule has 1 fully saturated rings. The highest BCUT2D eigenvalue weighted by Crippen LogP contribution is 2.19. The largest absolute Gasteiger partial charge is 0.345 e. The molecule has 1 heterocycles. The van der Waals surface area contributed by atoms with Crippen molar-refractivity contribution in [3.8, 4) is 6.07 Å². The molecule has 1 unspecified atom stereocenters. The lowest BCUT2D eigenvalue weighted by Gasteiger charge is -2.32. The molecular formula is C14H25N3O. The van der Waals surface area contributed by atoms with Gasteiger partial charge in [-0.2, -0.15) is 5.26 Å². The predicted molar refractivity (Wildman–Crippen MR) is 71.9 cm³/mol. The quantitative estimate of drug-likeness (QED) is 0.724. The van der Waals surface area contributed by atoms with E-state index in [1.54, 1.807) is 11.9 Å². The first kappa shape index (κ1) is 15.0. The zero-order chi connectivity index (χ0) is 13.4. The summed E-state index contributed by atoms with van der Waals surface area (Å²) in [5.41, 5.74) is 0. The van der Waals surface area contributed by atoms with Crippen LogP contribution in [0.2, 0.25) is 0 Å². The van der Waals surface area contributed by atoms with Crippen molar-refractivity contribution in [2.24, 2.45) is 5.92 Å². The topological polar surface area (TPSA) is 47.3 Å². The van der Waals surface area contributed by atoms with E-state index in [0.717, 1.165) is 25.6 Å². The molecule has 0 aromatic rings. The molecule has 1 amide bonds.